The van der Waals surface area contributed by atoms with Crippen LogP contribution in [0.25, 0.3) is 11.5 Å². The third kappa shape index (κ3) is 3.05. The minimum atomic E-state index is 0.532. The smallest absolute Gasteiger partial charge is 0.261 e. The normalized spacial score (nSPS) is 19.0. The lowest BCUT2D eigenvalue weighted by Gasteiger charge is -2.33. The van der Waals surface area contributed by atoms with Gasteiger partial charge in [-0.05, 0) is 37.8 Å². The second-order valence-corrected chi connectivity index (χ2v) is 5.43. The Bertz CT molecular complexity index is 597. The van der Waals surface area contributed by atoms with Gasteiger partial charge in [-0.3, -0.25) is 0 Å². The average molecular weight is 288 g/mol. The van der Waals surface area contributed by atoms with Gasteiger partial charge in [-0.1, -0.05) is 5.16 Å². The molecule has 3 rings (SSSR count). The number of nitrogens with zero attached hydrogens (tertiary/aromatic N) is 4. The summed E-state index contributed by atoms with van der Waals surface area (Å²) in [5.74, 6) is 2.63. The van der Waals surface area contributed by atoms with Gasteiger partial charge < -0.3 is 14.2 Å². The van der Waals surface area contributed by atoms with Crippen molar-refractivity contribution in [1.29, 1.82) is 0 Å². The molecular formula is C15H20N4O2. The van der Waals surface area contributed by atoms with Crippen LogP contribution in [-0.2, 0) is 4.74 Å². The number of hydrogen-bond donors (Lipinski definition) is 0. The predicted molar refractivity (Wildman–Crippen MR) is 79.1 cm³/mol. The SMILES string of the molecule is COCC1CCCN(c2ncccc2-c2nc(C)no2)C1. The van der Waals surface area contributed by atoms with Crippen LogP contribution >= 0.6 is 0 Å². The number of piperidine rings is 1. The molecule has 0 aromatic carbocycles. The zero-order chi connectivity index (χ0) is 14.7. The first-order chi connectivity index (χ1) is 10.3. The van der Waals surface area contributed by atoms with E-state index in [2.05, 4.69) is 20.0 Å². The van der Waals surface area contributed by atoms with Crippen molar-refractivity contribution in [2.24, 2.45) is 5.92 Å². The molecule has 0 spiro atoms. The fourth-order valence-corrected chi connectivity index (χ4v) is 2.85. The first kappa shape index (κ1) is 14.0. The van der Waals surface area contributed by atoms with E-state index in [9.17, 15) is 0 Å². The molecular weight excluding hydrogens is 268 g/mol. The topological polar surface area (TPSA) is 64.3 Å². The lowest BCUT2D eigenvalue weighted by Crippen LogP contribution is -2.37. The fraction of sp³-hybridized carbons (Fsp3) is 0.533. The van der Waals surface area contributed by atoms with Gasteiger partial charge in [-0.2, -0.15) is 4.98 Å². The van der Waals surface area contributed by atoms with Crippen LogP contribution in [0.1, 0.15) is 18.7 Å². The number of aromatic nitrogens is 3. The highest BCUT2D eigenvalue weighted by Crippen LogP contribution is 2.30. The summed E-state index contributed by atoms with van der Waals surface area (Å²) in [6, 6.07) is 3.88. The van der Waals surface area contributed by atoms with Crippen LogP contribution in [0.4, 0.5) is 5.82 Å². The molecule has 6 heteroatoms. The molecule has 0 aliphatic carbocycles. The van der Waals surface area contributed by atoms with Gasteiger partial charge in [-0.25, -0.2) is 4.98 Å². The van der Waals surface area contributed by atoms with Gasteiger partial charge in [0, 0.05) is 26.4 Å². The molecule has 1 atom stereocenters. The summed E-state index contributed by atoms with van der Waals surface area (Å²) >= 11 is 0. The van der Waals surface area contributed by atoms with Crippen molar-refractivity contribution in [3.8, 4) is 11.5 Å². The van der Waals surface area contributed by atoms with E-state index in [0.717, 1.165) is 37.5 Å². The van der Waals surface area contributed by atoms with E-state index in [-0.39, 0.29) is 0 Å². The van der Waals surface area contributed by atoms with Gasteiger partial charge in [0.25, 0.3) is 5.89 Å². The summed E-state index contributed by atoms with van der Waals surface area (Å²) in [5.41, 5.74) is 0.899. The van der Waals surface area contributed by atoms with Crippen molar-refractivity contribution in [3.05, 3.63) is 24.2 Å². The van der Waals surface area contributed by atoms with Crippen LogP contribution in [0.2, 0.25) is 0 Å². The van der Waals surface area contributed by atoms with Crippen molar-refractivity contribution in [2.75, 3.05) is 31.7 Å². The summed E-state index contributed by atoms with van der Waals surface area (Å²) in [7, 11) is 1.76. The van der Waals surface area contributed by atoms with Gasteiger partial charge in [0.15, 0.2) is 5.82 Å². The summed E-state index contributed by atoms with van der Waals surface area (Å²) < 4.78 is 10.6. The van der Waals surface area contributed by atoms with E-state index >= 15 is 0 Å². The molecule has 1 aliphatic rings. The first-order valence-electron chi connectivity index (χ1n) is 7.27. The molecule has 1 aliphatic heterocycles. The Morgan fingerprint density at radius 1 is 1.48 bits per heavy atom. The van der Waals surface area contributed by atoms with Crippen LogP contribution in [0.5, 0.6) is 0 Å². The number of hydrogen-bond acceptors (Lipinski definition) is 6. The summed E-state index contributed by atoms with van der Waals surface area (Å²) in [6.45, 7) is 4.55. The van der Waals surface area contributed by atoms with Crippen molar-refractivity contribution in [1.82, 2.24) is 15.1 Å². The first-order valence-corrected chi connectivity index (χ1v) is 7.27. The molecule has 0 amide bonds. The molecule has 1 saturated heterocycles. The second kappa shape index (κ2) is 6.22. The van der Waals surface area contributed by atoms with E-state index in [1.165, 1.54) is 6.42 Å². The average Bonchev–Trinajstić information content (AvgIpc) is 2.94. The maximum absolute atomic E-state index is 5.30. The zero-order valence-corrected chi connectivity index (χ0v) is 12.5. The molecule has 0 radical (unpaired) electrons. The largest absolute Gasteiger partial charge is 0.384 e. The number of pyridine rings is 1. The van der Waals surface area contributed by atoms with Gasteiger partial charge in [0.1, 0.15) is 5.82 Å². The number of rotatable bonds is 4. The highest BCUT2D eigenvalue weighted by molar-refractivity contribution is 5.69. The Morgan fingerprint density at radius 2 is 2.38 bits per heavy atom. The predicted octanol–water partition coefficient (Wildman–Crippen LogP) is 2.30. The molecule has 0 saturated carbocycles. The molecule has 0 N–H and O–H groups in total. The Morgan fingerprint density at radius 3 is 3.14 bits per heavy atom. The number of ether oxygens (including phenoxy) is 1. The molecule has 0 bridgehead atoms. The summed E-state index contributed by atoms with van der Waals surface area (Å²) in [6.07, 6.45) is 4.15. The lowest BCUT2D eigenvalue weighted by molar-refractivity contribution is 0.143. The standard InChI is InChI=1S/C15H20N4O2/c1-11-17-15(21-18-11)13-6-3-7-16-14(13)19-8-4-5-12(9-19)10-20-2/h3,6-7,12H,4-5,8-10H2,1-2H3. The Labute approximate surface area is 124 Å². The van der Waals surface area contributed by atoms with Crippen molar-refractivity contribution in [2.45, 2.75) is 19.8 Å². The molecule has 112 valence electrons. The molecule has 2 aromatic rings. The maximum atomic E-state index is 5.30. The van der Waals surface area contributed by atoms with Gasteiger partial charge in [-0.15, -0.1) is 0 Å². The monoisotopic (exact) mass is 288 g/mol. The minimum absolute atomic E-state index is 0.532. The van der Waals surface area contributed by atoms with Crippen LogP contribution in [0, 0.1) is 12.8 Å². The Kier molecular flexibility index (Phi) is 4.15. The minimum Gasteiger partial charge on any atom is -0.384 e. The molecule has 1 fully saturated rings. The van der Waals surface area contributed by atoms with Gasteiger partial charge >= 0.3 is 0 Å². The van der Waals surface area contributed by atoms with E-state index in [1.807, 2.05) is 25.3 Å². The third-order valence-corrected chi connectivity index (χ3v) is 3.77. The molecule has 2 aromatic heterocycles. The number of anilines is 1. The van der Waals surface area contributed by atoms with Crippen LogP contribution < -0.4 is 4.90 Å². The molecule has 6 nitrogen and oxygen atoms in total. The van der Waals surface area contributed by atoms with E-state index in [0.29, 0.717) is 17.6 Å². The van der Waals surface area contributed by atoms with Crippen LogP contribution in [-0.4, -0.2) is 41.9 Å². The molecule has 3 heterocycles. The van der Waals surface area contributed by atoms with E-state index < -0.39 is 0 Å². The highest BCUT2D eigenvalue weighted by atomic mass is 16.5. The van der Waals surface area contributed by atoms with Crippen molar-refractivity contribution >= 4 is 5.82 Å². The second-order valence-electron chi connectivity index (χ2n) is 5.43. The Balaban J connectivity index is 1.88. The van der Waals surface area contributed by atoms with E-state index in [1.54, 1.807) is 7.11 Å². The number of aryl methyl sites for hydroxylation is 1. The molecule has 21 heavy (non-hydrogen) atoms. The fourth-order valence-electron chi connectivity index (χ4n) is 2.85. The van der Waals surface area contributed by atoms with Crippen LogP contribution in [0.15, 0.2) is 22.9 Å². The maximum Gasteiger partial charge on any atom is 0.261 e. The van der Waals surface area contributed by atoms with Crippen molar-refractivity contribution in [3.63, 3.8) is 0 Å². The summed E-state index contributed by atoms with van der Waals surface area (Å²) in [5, 5.41) is 3.87. The van der Waals surface area contributed by atoms with E-state index in [4.69, 9.17) is 9.26 Å². The molecule has 1 unspecified atom stereocenters. The quantitative estimate of drug-likeness (QED) is 0.860. The lowest BCUT2D eigenvalue weighted by atomic mass is 9.98. The summed E-state index contributed by atoms with van der Waals surface area (Å²) in [4.78, 5) is 11.2. The van der Waals surface area contributed by atoms with Gasteiger partial charge in [0.05, 0.1) is 12.2 Å². The van der Waals surface area contributed by atoms with Gasteiger partial charge in [0.2, 0.25) is 0 Å². The third-order valence-electron chi connectivity index (χ3n) is 3.77. The Hall–Kier alpha value is -1.95. The zero-order valence-electron chi connectivity index (χ0n) is 12.5. The van der Waals surface area contributed by atoms with Crippen molar-refractivity contribution < 1.29 is 9.26 Å². The van der Waals surface area contributed by atoms with Crippen LogP contribution in [0.3, 0.4) is 0 Å². The number of methoxy groups -OCH3 is 1. The highest BCUT2D eigenvalue weighted by Gasteiger charge is 2.24.